The Morgan fingerprint density at radius 3 is 2.31 bits per heavy atom. The van der Waals surface area contributed by atoms with Crippen LogP contribution < -0.4 is 14.9 Å². The number of ether oxygens (including phenoxy) is 2. The van der Waals surface area contributed by atoms with E-state index in [4.69, 9.17) is 9.47 Å². The van der Waals surface area contributed by atoms with Crippen molar-refractivity contribution >= 4 is 27.8 Å². The second-order valence-electron chi connectivity index (χ2n) is 9.45. The lowest BCUT2D eigenvalue weighted by molar-refractivity contribution is 0.112. The second kappa shape index (κ2) is 11.7. The zero-order chi connectivity index (χ0) is 27.4. The number of benzene rings is 3. The SMILES string of the molecule is COc1ccc(-c2sc3c(c2CN(C)Cc2ccccc2)c(=O)c(C=O)cn3Cc2ccccc2OC)cc1. The van der Waals surface area contributed by atoms with Crippen LogP contribution in [0, 0.1) is 0 Å². The van der Waals surface area contributed by atoms with Crippen LogP contribution in [-0.2, 0) is 19.6 Å². The minimum atomic E-state index is -0.240. The summed E-state index contributed by atoms with van der Waals surface area (Å²) in [7, 11) is 5.33. The van der Waals surface area contributed by atoms with Crippen LogP contribution in [0.2, 0.25) is 0 Å². The van der Waals surface area contributed by atoms with E-state index in [1.54, 1.807) is 31.8 Å². The molecule has 0 fully saturated rings. The van der Waals surface area contributed by atoms with Gasteiger partial charge < -0.3 is 14.0 Å². The topological polar surface area (TPSA) is 60.8 Å². The first-order valence-corrected chi connectivity index (χ1v) is 13.5. The van der Waals surface area contributed by atoms with Crippen molar-refractivity contribution < 1.29 is 14.3 Å². The number of methoxy groups -OCH3 is 2. The van der Waals surface area contributed by atoms with Gasteiger partial charge in [0.25, 0.3) is 0 Å². The van der Waals surface area contributed by atoms with E-state index in [2.05, 4.69) is 17.0 Å². The molecule has 0 spiro atoms. The average molecular weight is 539 g/mol. The molecule has 0 aliphatic rings. The van der Waals surface area contributed by atoms with Gasteiger partial charge in [0.1, 0.15) is 16.3 Å². The van der Waals surface area contributed by atoms with Crippen molar-refractivity contribution in [1.82, 2.24) is 9.47 Å². The number of hydrogen-bond acceptors (Lipinski definition) is 6. The summed E-state index contributed by atoms with van der Waals surface area (Å²) in [5.74, 6) is 1.52. The number of rotatable bonds is 10. The van der Waals surface area contributed by atoms with Gasteiger partial charge in [-0.05, 0) is 54.1 Å². The van der Waals surface area contributed by atoms with Crippen LogP contribution in [-0.4, -0.2) is 37.0 Å². The van der Waals surface area contributed by atoms with Crippen LogP contribution in [0.4, 0.5) is 0 Å². The van der Waals surface area contributed by atoms with Crippen molar-refractivity contribution in [3.05, 3.63) is 118 Å². The number of aldehydes is 1. The van der Waals surface area contributed by atoms with Gasteiger partial charge >= 0.3 is 0 Å². The van der Waals surface area contributed by atoms with Crippen molar-refractivity contribution in [2.75, 3.05) is 21.3 Å². The van der Waals surface area contributed by atoms with Crippen molar-refractivity contribution in [1.29, 1.82) is 0 Å². The number of thiophene rings is 1. The molecule has 0 unspecified atom stereocenters. The van der Waals surface area contributed by atoms with Gasteiger partial charge in [-0.2, -0.15) is 0 Å². The third-order valence-corrected chi connectivity index (χ3v) is 8.09. The van der Waals surface area contributed by atoms with E-state index in [1.807, 2.05) is 78.3 Å². The fourth-order valence-electron chi connectivity index (χ4n) is 4.88. The van der Waals surface area contributed by atoms with Crippen molar-refractivity contribution in [3.63, 3.8) is 0 Å². The number of pyridine rings is 1. The summed E-state index contributed by atoms with van der Waals surface area (Å²) in [4.78, 5) is 29.8. The molecule has 2 aromatic heterocycles. The van der Waals surface area contributed by atoms with E-state index in [0.717, 1.165) is 44.4 Å². The summed E-state index contributed by atoms with van der Waals surface area (Å²) in [6.45, 7) is 1.73. The molecule has 7 heteroatoms. The first-order valence-electron chi connectivity index (χ1n) is 12.6. The Kier molecular flexibility index (Phi) is 7.91. The summed E-state index contributed by atoms with van der Waals surface area (Å²) >= 11 is 1.57. The zero-order valence-electron chi connectivity index (χ0n) is 22.2. The number of aromatic nitrogens is 1. The molecule has 0 aliphatic carbocycles. The highest BCUT2D eigenvalue weighted by Gasteiger charge is 2.22. The van der Waals surface area contributed by atoms with Crippen LogP contribution in [0.1, 0.15) is 27.0 Å². The third kappa shape index (κ3) is 5.50. The number of nitrogens with zero attached hydrogens (tertiary/aromatic N) is 2. The van der Waals surface area contributed by atoms with E-state index in [1.165, 1.54) is 5.56 Å². The predicted molar refractivity (Wildman–Crippen MR) is 157 cm³/mol. The Labute approximate surface area is 231 Å². The molecule has 5 aromatic rings. The second-order valence-corrected chi connectivity index (χ2v) is 10.4. The highest BCUT2D eigenvalue weighted by Crippen LogP contribution is 2.39. The number of hydrogen-bond donors (Lipinski definition) is 0. The standard InChI is InChI=1S/C32H30N2O4S/c1-33(17-22-9-5-4-6-10-22)20-27-29-30(36)25(21-35)19-34(18-24-11-7-8-12-28(24)38-3)32(29)39-31(27)23-13-15-26(37-2)16-14-23/h4-16,19,21H,17-18,20H2,1-3H3. The summed E-state index contributed by atoms with van der Waals surface area (Å²) in [6, 6.07) is 25.9. The fraction of sp³-hybridized carbons (Fsp3) is 0.188. The van der Waals surface area contributed by atoms with Gasteiger partial charge in [0.15, 0.2) is 6.29 Å². The molecule has 0 bridgehead atoms. The summed E-state index contributed by atoms with van der Waals surface area (Å²) in [6.07, 6.45) is 2.32. The molecule has 39 heavy (non-hydrogen) atoms. The maximum absolute atomic E-state index is 13.7. The van der Waals surface area contributed by atoms with Crippen LogP contribution in [0.25, 0.3) is 20.7 Å². The molecule has 0 N–H and O–H groups in total. The maximum atomic E-state index is 13.7. The van der Waals surface area contributed by atoms with E-state index in [0.29, 0.717) is 24.8 Å². The lowest BCUT2D eigenvalue weighted by Gasteiger charge is -2.18. The van der Waals surface area contributed by atoms with E-state index in [9.17, 15) is 9.59 Å². The van der Waals surface area contributed by atoms with Gasteiger partial charge in [-0.3, -0.25) is 14.5 Å². The quantitative estimate of drug-likeness (QED) is 0.197. The molecule has 0 aliphatic heterocycles. The highest BCUT2D eigenvalue weighted by atomic mass is 32.1. The van der Waals surface area contributed by atoms with Crippen LogP contribution in [0.5, 0.6) is 11.5 Å². The smallest absolute Gasteiger partial charge is 0.201 e. The Bertz CT molecular complexity index is 1660. The lowest BCUT2D eigenvalue weighted by atomic mass is 10.0. The largest absolute Gasteiger partial charge is 0.497 e. The number of fused-ring (bicyclic) bond motifs is 1. The molecule has 0 radical (unpaired) electrons. The summed E-state index contributed by atoms with van der Waals surface area (Å²) in [5, 5.41) is 0.588. The molecule has 3 aromatic carbocycles. The van der Waals surface area contributed by atoms with Crippen molar-refractivity contribution in [2.24, 2.45) is 0 Å². The highest BCUT2D eigenvalue weighted by molar-refractivity contribution is 7.22. The van der Waals surface area contributed by atoms with E-state index < -0.39 is 0 Å². The van der Waals surface area contributed by atoms with Crippen LogP contribution in [0.15, 0.2) is 89.9 Å². The molecule has 0 amide bonds. The van der Waals surface area contributed by atoms with E-state index >= 15 is 0 Å². The fourth-order valence-corrected chi connectivity index (χ4v) is 6.17. The first kappa shape index (κ1) is 26.4. The minimum absolute atomic E-state index is 0.142. The molecular weight excluding hydrogens is 508 g/mol. The predicted octanol–water partition coefficient (Wildman–Crippen LogP) is 6.24. The number of carbonyl (C=O) groups excluding carboxylic acids is 1. The first-order chi connectivity index (χ1) is 19.0. The minimum Gasteiger partial charge on any atom is -0.497 e. The Morgan fingerprint density at radius 1 is 0.897 bits per heavy atom. The lowest BCUT2D eigenvalue weighted by Crippen LogP contribution is -2.20. The van der Waals surface area contributed by atoms with Crippen LogP contribution >= 0.6 is 11.3 Å². The van der Waals surface area contributed by atoms with Crippen LogP contribution in [0.3, 0.4) is 0 Å². The molecule has 6 nitrogen and oxygen atoms in total. The molecule has 2 heterocycles. The van der Waals surface area contributed by atoms with E-state index in [-0.39, 0.29) is 11.0 Å². The Hall–Kier alpha value is -4.20. The number of para-hydroxylation sites is 1. The molecule has 198 valence electrons. The summed E-state index contributed by atoms with van der Waals surface area (Å²) < 4.78 is 12.9. The molecule has 0 saturated carbocycles. The van der Waals surface area contributed by atoms with Gasteiger partial charge in [0, 0.05) is 29.7 Å². The van der Waals surface area contributed by atoms with Gasteiger partial charge in [0.05, 0.1) is 31.7 Å². The molecule has 5 rings (SSSR count). The molecular formula is C32H30N2O4S. The van der Waals surface area contributed by atoms with Crippen molar-refractivity contribution in [3.8, 4) is 21.9 Å². The Morgan fingerprint density at radius 2 is 1.62 bits per heavy atom. The van der Waals surface area contributed by atoms with Gasteiger partial charge in [-0.25, -0.2) is 0 Å². The van der Waals surface area contributed by atoms with Gasteiger partial charge in [-0.15, -0.1) is 11.3 Å². The third-order valence-electron chi connectivity index (χ3n) is 6.77. The summed E-state index contributed by atoms with van der Waals surface area (Å²) in [5.41, 5.74) is 3.97. The number of carbonyl (C=O) groups is 1. The van der Waals surface area contributed by atoms with Gasteiger partial charge in [0.2, 0.25) is 5.43 Å². The Balaban J connectivity index is 1.69. The zero-order valence-corrected chi connectivity index (χ0v) is 23.0. The maximum Gasteiger partial charge on any atom is 0.201 e. The van der Waals surface area contributed by atoms with Gasteiger partial charge in [-0.1, -0.05) is 48.5 Å². The average Bonchev–Trinajstić information content (AvgIpc) is 3.34. The normalized spacial score (nSPS) is 11.2. The monoisotopic (exact) mass is 538 g/mol. The van der Waals surface area contributed by atoms with Crippen molar-refractivity contribution in [2.45, 2.75) is 19.6 Å². The molecule has 0 atom stereocenters. The molecule has 0 saturated heterocycles.